The highest BCUT2D eigenvalue weighted by atomic mass is 15.1. The van der Waals surface area contributed by atoms with Gasteiger partial charge in [-0.05, 0) is 35.8 Å². The second kappa shape index (κ2) is 5.27. The van der Waals surface area contributed by atoms with E-state index in [1.807, 2.05) is 18.5 Å². The zero-order valence-electron chi connectivity index (χ0n) is 11.8. The Labute approximate surface area is 110 Å². The van der Waals surface area contributed by atoms with Crippen LogP contribution in [0.1, 0.15) is 39.2 Å². The number of rotatable bonds is 2. The van der Waals surface area contributed by atoms with E-state index in [1.165, 1.54) is 24.1 Å². The lowest BCUT2D eigenvalue weighted by molar-refractivity contribution is 0.199. The van der Waals surface area contributed by atoms with E-state index in [1.54, 1.807) is 0 Å². The van der Waals surface area contributed by atoms with Crippen LogP contribution in [0.4, 0.5) is 5.69 Å². The predicted molar refractivity (Wildman–Crippen MR) is 76.5 cm³/mol. The molecule has 0 unspecified atom stereocenters. The van der Waals surface area contributed by atoms with Crippen molar-refractivity contribution >= 4 is 5.69 Å². The molecule has 1 aromatic heterocycles. The van der Waals surface area contributed by atoms with Crippen LogP contribution in [-0.2, 0) is 6.54 Å². The molecule has 3 heteroatoms. The number of nitrogens with zero attached hydrogens (tertiary/aromatic N) is 2. The first kappa shape index (κ1) is 13.3. The maximum absolute atomic E-state index is 5.80. The van der Waals surface area contributed by atoms with Gasteiger partial charge in [0.2, 0.25) is 0 Å². The lowest BCUT2D eigenvalue weighted by Gasteiger charge is -2.40. The first-order valence-electron chi connectivity index (χ1n) is 6.90. The van der Waals surface area contributed by atoms with Crippen molar-refractivity contribution in [2.45, 2.75) is 40.2 Å². The standard InChI is InChI=1S/C15H25N3/c1-15(2,3)13-5-8-18(9-6-13)14-11-17-7-4-12(14)10-16/h4,7,11,13H,5-6,8-10,16H2,1-3H3. The van der Waals surface area contributed by atoms with Crippen molar-refractivity contribution in [1.82, 2.24) is 4.98 Å². The first-order chi connectivity index (χ1) is 8.52. The van der Waals surface area contributed by atoms with Crippen molar-refractivity contribution in [3.05, 3.63) is 24.0 Å². The number of pyridine rings is 1. The van der Waals surface area contributed by atoms with E-state index in [2.05, 4.69) is 30.7 Å². The maximum Gasteiger partial charge on any atom is 0.0598 e. The summed E-state index contributed by atoms with van der Waals surface area (Å²) >= 11 is 0. The van der Waals surface area contributed by atoms with Gasteiger partial charge >= 0.3 is 0 Å². The van der Waals surface area contributed by atoms with Gasteiger partial charge in [0.1, 0.15) is 0 Å². The number of hydrogen-bond acceptors (Lipinski definition) is 3. The number of hydrogen-bond donors (Lipinski definition) is 1. The molecule has 0 aromatic carbocycles. The van der Waals surface area contributed by atoms with Crippen molar-refractivity contribution < 1.29 is 0 Å². The van der Waals surface area contributed by atoms with E-state index in [0.29, 0.717) is 12.0 Å². The molecular weight excluding hydrogens is 222 g/mol. The van der Waals surface area contributed by atoms with Crippen LogP contribution < -0.4 is 10.6 Å². The van der Waals surface area contributed by atoms with E-state index >= 15 is 0 Å². The summed E-state index contributed by atoms with van der Waals surface area (Å²) in [6.45, 7) is 9.90. The predicted octanol–water partition coefficient (Wildman–Crippen LogP) is 2.80. The fourth-order valence-corrected chi connectivity index (χ4v) is 2.86. The Hall–Kier alpha value is -1.09. The monoisotopic (exact) mass is 247 g/mol. The Balaban J connectivity index is 2.06. The summed E-state index contributed by atoms with van der Waals surface area (Å²) in [7, 11) is 0. The Morgan fingerprint density at radius 3 is 2.56 bits per heavy atom. The minimum atomic E-state index is 0.428. The fraction of sp³-hybridized carbons (Fsp3) is 0.667. The Kier molecular flexibility index (Phi) is 3.91. The molecule has 0 atom stereocenters. The van der Waals surface area contributed by atoms with E-state index in [0.717, 1.165) is 19.0 Å². The molecule has 1 aliphatic rings. The van der Waals surface area contributed by atoms with Gasteiger partial charge in [-0.15, -0.1) is 0 Å². The number of nitrogens with two attached hydrogens (primary N) is 1. The van der Waals surface area contributed by atoms with Crippen LogP contribution in [0.3, 0.4) is 0 Å². The summed E-state index contributed by atoms with van der Waals surface area (Å²) in [5.74, 6) is 0.826. The molecule has 18 heavy (non-hydrogen) atoms. The molecule has 2 N–H and O–H groups in total. The van der Waals surface area contributed by atoms with Gasteiger partial charge in [-0.2, -0.15) is 0 Å². The second-order valence-corrected chi connectivity index (χ2v) is 6.34. The third kappa shape index (κ3) is 2.83. The zero-order chi connectivity index (χ0) is 13.2. The molecule has 0 bridgehead atoms. The van der Waals surface area contributed by atoms with Gasteiger partial charge in [0, 0.05) is 25.8 Å². The van der Waals surface area contributed by atoms with Crippen molar-refractivity contribution in [3.63, 3.8) is 0 Å². The van der Waals surface area contributed by atoms with Crippen molar-refractivity contribution in [1.29, 1.82) is 0 Å². The third-order valence-corrected chi connectivity index (χ3v) is 4.17. The van der Waals surface area contributed by atoms with Gasteiger partial charge in [0.25, 0.3) is 0 Å². The number of piperidine rings is 1. The molecule has 1 fully saturated rings. The molecule has 0 radical (unpaired) electrons. The molecule has 0 aliphatic carbocycles. The maximum atomic E-state index is 5.80. The third-order valence-electron chi connectivity index (χ3n) is 4.17. The van der Waals surface area contributed by atoms with Gasteiger partial charge < -0.3 is 10.6 Å². The molecule has 100 valence electrons. The van der Waals surface area contributed by atoms with Crippen molar-refractivity contribution in [2.75, 3.05) is 18.0 Å². The molecule has 2 rings (SSSR count). The molecular formula is C15H25N3. The van der Waals surface area contributed by atoms with E-state index in [-0.39, 0.29) is 0 Å². The topological polar surface area (TPSA) is 42.2 Å². The lowest BCUT2D eigenvalue weighted by atomic mass is 9.75. The van der Waals surface area contributed by atoms with Crippen LogP contribution in [0.2, 0.25) is 0 Å². The van der Waals surface area contributed by atoms with E-state index in [4.69, 9.17) is 5.73 Å². The van der Waals surface area contributed by atoms with Gasteiger partial charge in [-0.1, -0.05) is 20.8 Å². The SMILES string of the molecule is CC(C)(C)C1CCN(c2cnccc2CN)CC1. The van der Waals surface area contributed by atoms with Crippen LogP contribution >= 0.6 is 0 Å². The summed E-state index contributed by atoms with van der Waals surface area (Å²) < 4.78 is 0. The number of anilines is 1. The first-order valence-corrected chi connectivity index (χ1v) is 6.90. The fourth-order valence-electron chi connectivity index (χ4n) is 2.86. The lowest BCUT2D eigenvalue weighted by Crippen LogP contribution is -2.38. The van der Waals surface area contributed by atoms with Gasteiger partial charge in [-0.3, -0.25) is 4.98 Å². The molecule has 1 saturated heterocycles. The Bertz CT molecular complexity index is 387. The van der Waals surface area contributed by atoms with Crippen LogP contribution in [-0.4, -0.2) is 18.1 Å². The Morgan fingerprint density at radius 1 is 1.33 bits per heavy atom. The quantitative estimate of drug-likeness (QED) is 0.874. The molecule has 1 aromatic rings. The highest BCUT2D eigenvalue weighted by molar-refractivity contribution is 5.51. The zero-order valence-corrected chi connectivity index (χ0v) is 11.8. The summed E-state index contributed by atoms with van der Waals surface area (Å²) in [4.78, 5) is 6.68. The van der Waals surface area contributed by atoms with Crippen LogP contribution in [0.15, 0.2) is 18.5 Å². The van der Waals surface area contributed by atoms with Crippen LogP contribution in [0, 0.1) is 11.3 Å². The van der Waals surface area contributed by atoms with Gasteiger partial charge in [-0.25, -0.2) is 0 Å². The molecule has 3 nitrogen and oxygen atoms in total. The average molecular weight is 247 g/mol. The largest absolute Gasteiger partial charge is 0.370 e. The minimum absolute atomic E-state index is 0.428. The summed E-state index contributed by atoms with van der Waals surface area (Å²) in [5.41, 5.74) is 8.66. The second-order valence-electron chi connectivity index (χ2n) is 6.34. The van der Waals surface area contributed by atoms with Gasteiger partial charge in [0.15, 0.2) is 0 Å². The van der Waals surface area contributed by atoms with Gasteiger partial charge in [0.05, 0.1) is 11.9 Å². The summed E-state index contributed by atoms with van der Waals surface area (Å²) in [6, 6.07) is 2.03. The average Bonchev–Trinajstić information content (AvgIpc) is 2.38. The Morgan fingerprint density at radius 2 is 2.00 bits per heavy atom. The van der Waals surface area contributed by atoms with Crippen LogP contribution in [0.25, 0.3) is 0 Å². The summed E-state index contributed by atoms with van der Waals surface area (Å²) in [6.07, 6.45) is 6.32. The molecule has 0 saturated carbocycles. The van der Waals surface area contributed by atoms with Crippen molar-refractivity contribution in [3.8, 4) is 0 Å². The molecule has 2 heterocycles. The molecule has 0 amide bonds. The molecule has 1 aliphatic heterocycles. The van der Waals surface area contributed by atoms with E-state index < -0.39 is 0 Å². The molecule has 0 spiro atoms. The van der Waals surface area contributed by atoms with Crippen LogP contribution in [0.5, 0.6) is 0 Å². The van der Waals surface area contributed by atoms with Crippen molar-refractivity contribution in [2.24, 2.45) is 17.1 Å². The highest BCUT2D eigenvalue weighted by Crippen LogP contribution is 2.35. The minimum Gasteiger partial charge on any atom is -0.370 e. The summed E-state index contributed by atoms with van der Waals surface area (Å²) in [5, 5.41) is 0. The van der Waals surface area contributed by atoms with E-state index in [9.17, 15) is 0 Å². The highest BCUT2D eigenvalue weighted by Gasteiger charge is 2.29. The smallest absolute Gasteiger partial charge is 0.0598 e. The normalized spacial score (nSPS) is 18.1. The number of aromatic nitrogens is 1.